The summed E-state index contributed by atoms with van der Waals surface area (Å²) in [5.41, 5.74) is 0.401. The van der Waals surface area contributed by atoms with E-state index in [1.807, 2.05) is 0 Å². The molecule has 0 saturated carbocycles. The van der Waals surface area contributed by atoms with Gasteiger partial charge in [-0.1, -0.05) is 34.1 Å². The zero-order valence-corrected chi connectivity index (χ0v) is 11.1. The molecule has 1 N–H and O–H groups in total. The maximum atomic E-state index is 3.71. The molecule has 0 aromatic carbocycles. The zero-order valence-electron chi connectivity index (χ0n) is 11.1. The molecule has 15 heavy (non-hydrogen) atoms. The molecular formula is C13H28N2. The van der Waals surface area contributed by atoms with E-state index in [2.05, 4.69) is 45.0 Å². The first-order chi connectivity index (χ1) is 6.90. The molecule has 2 heteroatoms. The molecule has 0 amide bonds. The van der Waals surface area contributed by atoms with Gasteiger partial charge in [-0.05, 0) is 24.8 Å². The van der Waals surface area contributed by atoms with Crippen LogP contribution in [0.5, 0.6) is 0 Å². The predicted molar refractivity (Wildman–Crippen MR) is 67.1 cm³/mol. The van der Waals surface area contributed by atoms with Crippen LogP contribution in [0.2, 0.25) is 0 Å². The average molecular weight is 212 g/mol. The van der Waals surface area contributed by atoms with Gasteiger partial charge in [0.25, 0.3) is 0 Å². The predicted octanol–water partition coefficient (Wildman–Crippen LogP) is 2.35. The fraction of sp³-hybridized carbons (Fsp3) is 1.00. The Balaban J connectivity index is 2.35. The highest BCUT2D eigenvalue weighted by atomic mass is 15.1. The highest BCUT2D eigenvalue weighted by Gasteiger charge is 2.24. The van der Waals surface area contributed by atoms with Crippen molar-refractivity contribution in [2.24, 2.45) is 11.3 Å². The molecule has 2 atom stereocenters. The number of hydrogen-bond donors (Lipinski definition) is 1. The quantitative estimate of drug-likeness (QED) is 0.772. The van der Waals surface area contributed by atoms with Gasteiger partial charge in [-0.2, -0.15) is 0 Å². The van der Waals surface area contributed by atoms with Crippen molar-refractivity contribution in [1.29, 1.82) is 0 Å². The molecule has 0 bridgehead atoms. The van der Waals surface area contributed by atoms with Crippen LogP contribution in [0.4, 0.5) is 0 Å². The molecule has 2 unspecified atom stereocenters. The summed E-state index contributed by atoms with van der Waals surface area (Å²) in [6, 6.07) is 0.702. The van der Waals surface area contributed by atoms with Gasteiger partial charge in [0.05, 0.1) is 0 Å². The topological polar surface area (TPSA) is 15.3 Å². The molecular weight excluding hydrogens is 184 g/mol. The van der Waals surface area contributed by atoms with E-state index < -0.39 is 0 Å². The van der Waals surface area contributed by atoms with Gasteiger partial charge >= 0.3 is 0 Å². The van der Waals surface area contributed by atoms with Crippen LogP contribution in [0.15, 0.2) is 0 Å². The lowest BCUT2D eigenvalue weighted by atomic mass is 9.91. The molecule has 90 valence electrons. The average Bonchev–Trinajstić information content (AvgIpc) is 2.13. The van der Waals surface area contributed by atoms with Crippen LogP contribution in [0.1, 0.15) is 40.5 Å². The third-order valence-electron chi connectivity index (χ3n) is 3.22. The Hall–Kier alpha value is -0.0800. The monoisotopic (exact) mass is 212 g/mol. The van der Waals surface area contributed by atoms with E-state index >= 15 is 0 Å². The number of likely N-dealkylation sites (tertiary alicyclic amines) is 1. The van der Waals surface area contributed by atoms with Crippen LogP contribution in [0.3, 0.4) is 0 Å². The maximum Gasteiger partial charge on any atom is 0.0198 e. The minimum atomic E-state index is 0.401. The highest BCUT2D eigenvalue weighted by molar-refractivity contribution is 4.82. The minimum absolute atomic E-state index is 0.401. The van der Waals surface area contributed by atoms with Crippen LogP contribution < -0.4 is 5.32 Å². The van der Waals surface area contributed by atoms with Gasteiger partial charge in [0, 0.05) is 25.7 Å². The Morgan fingerprint density at radius 3 is 2.47 bits per heavy atom. The summed E-state index contributed by atoms with van der Waals surface area (Å²) in [5, 5.41) is 3.71. The maximum absolute atomic E-state index is 3.71. The number of hydrogen-bond acceptors (Lipinski definition) is 2. The standard InChI is InChI=1S/C13H28N2/c1-6-11-7-12(9-15(5)8-11)14-10-13(2,3)4/h11-12,14H,6-10H2,1-5H3. The third kappa shape index (κ3) is 4.98. The lowest BCUT2D eigenvalue weighted by molar-refractivity contribution is 0.159. The summed E-state index contributed by atoms with van der Waals surface area (Å²) in [4.78, 5) is 2.47. The lowest BCUT2D eigenvalue weighted by Crippen LogP contribution is -2.49. The van der Waals surface area contributed by atoms with Crippen LogP contribution in [-0.2, 0) is 0 Å². The number of likely N-dealkylation sites (N-methyl/N-ethyl adjacent to an activating group) is 1. The normalized spacial score (nSPS) is 29.4. The Kier molecular flexibility index (Phi) is 4.60. The summed E-state index contributed by atoms with van der Waals surface area (Å²) in [6.07, 6.45) is 2.68. The molecule has 1 aliphatic rings. The molecule has 0 spiro atoms. The van der Waals surface area contributed by atoms with Gasteiger partial charge in [-0.25, -0.2) is 0 Å². The van der Waals surface area contributed by atoms with E-state index in [9.17, 15) is 0 Å². The Morgan fingerprint density at radius 1 is 1.27 bits per heavy atom. The Morgan fingerprint density at radius 2 is 1.93 bits per heavy atom. The smallest absolute Gasteiger partial charge is 0.0198 e. The van der Waals surface area contributed by atoms with Gasteiger partial charge in [-0.3, -0.25) is 0 Å². The van der Waals surface area contributed by atoms with Crippen molar-refractivity contribution < 1.29 is 0 Å². The first kappa shape index (κ1) is 13.0. The van der Waals surface area contributed by atoms with Crippen LogP contribution in [-0.4, -0.2) is 37.6 Å². The molecule has 2 nitrogen and oxygen atoms in total. The van der Waals surface area contributed by atoms with E-state index in [0.29, 0.717) is 11.5 Å². The van der Waals surface area contributed by atoms with Gasteiger partial charge in [0.2, 0.25) is 0 Å². The van der Waals surface area contributed by atoms with E-state index in [4.69, 9.17) is 0 Å². The van der Waals surface area contributed by atoms with E-state index in [1.165, 1.54) is 25.9 Å². The fourth-order valence-corrected chi connectivity index (χ4v) is 2.34. The lowest BCUT2D eigenvalue weighted by Gasteiger charge is -2.37. The Labute approximate surface area is 95.4 Å². The molecule has 0 aromatic heterocycles. The van der Waals surface area contributed by atoms with E-state index in [1.54, 1.807) is 0 Å². The van der Waals surface area contributed by atoms with Crippen molar-refractivity contribution in [1.82, 2.24) is 10.2 Å². The number of nitrogens with one attached hydrogen (secondary N) is 1. The fourth-order valence-electron chi connectivity index (χ4n) is 2.34. The molecule has 1 fully saturated rings. The van der Waals surface area contributed by atoms with Crippen LogP contribution in [0.25, 0.3) is 0 Å². The summed E-state index contributed by atoms with van der Waals surface area (Å²) in [6.45, 7) is 12.8. The minimum Gasteiger partial charge on any atom is -0.312 e. The van der Waals surface area contributed by atoms with Crippen molar-refractivity contribution in [3.05, 3.63) is 0 Å². The zero-order chi connectivity index (χ0) is 11.5. The first-order valence-electron chi connectivity index (χ1n) is 6.32. The van der Waals surface area contributed by atoms with Gasteiger partial charge in [-0.15, -0.1) is 0 Å². The summed E-state index contributed by atoms with van der Waals surface area (Å²) < 4.78 is 0. The van der Waals surface area contributed by atoms with Crippen LogP contribution >= 0.6 is 0 Å². The van der Waals surface area contributed by atoms with Crippen molar-refractivity contribution in [3.8, 4) is 0 Å². The molecule has 1 rings (SSSR count). The molecule has 0 aromatic rings. The summed E-state index contributed by atoms with van der Waals surface area (Å²) in [7, 11) is 2.24. The first-order valence-corrected chi connectivity index (χ1v) is 6.32. The van der Waals surface area contributed by atoms with Gasteiger partial charge in [0.15, 0.2) is 0 Å². The SMILES string of the molecule is CCC1CC(NCC(C)(C)C)CN(C)C1. The second-order valence-electron chi connectivity index (χ2n) is 6.37. The van der Waals surface area contributed by atoms with E-state index in [0.717, 1.165) is 12.5 Å². The van der Waals surface area contributed by atoms with Gasteiger partial charge in [0.1, 0.15) is 0 Å². The summed E-state index contributed by atoms with van der Waals surface area (Å²) >= 11 is 0. The highest BCUT2D eigenvalue weighted by Crippen LogP contribution is 2.19. The number of piperidine rings is 1. The van der Waals surface area contributed by atoms with Crippen LogP contribution in [0, 0.1) is 11.3 Å². The van der Waals surface area contributed by atoms with Crippen molar-refractivity contribution in [3.63, 3.8) is 0 Å². The van der Waals surface area contributed by atoms with Crippen molar-refractivity contribution in [2.75, 3.05) is 26.7 Å². The van der Waals surface area contributed by atoms with E-state index in [-0.39, 0.29) is 0 Å². The Bertz CT molecular complexity index is 183. The van der Waals surface area contributed by atoms with Crippen molar-refractivity contribution in [2.45, 2.75) is 46.6 Å². The number of nitrogens with zero attached hydrogens (tertiary/aromatic N) is 1. The van der Waals surface area contributed by atoms with Crippen molar-refractivity contribution >= 4 is 0 Å². The third-order valence-corrected chi connectivity index (χ3v) is 3.22. The molecule has 0 radical (unpaired) electrons. The summed E-state index contributed by atoms with van der Waals surface area (Å²) in [5.74, 6) is 0.890. The second kappa shape index (κ2) is 5.31. The number of rotatable bonds is 3. The largest absolute Gasteiger partial charge is 0.312 e. The molecule has 1 aliphatic heterocycles. The molecule has 0 aliphatic carbocycles. The molecule has 1 heterocycles. The van der Waals surface area contributed by atoms with Gasteiger partial charge < -0.3 is 10.2 Å². The molecule has 1 saturated heterocycles. The second-order valence-corrected chi connectivity index (χ2v) is 6.37.